The molecule has 0 saturated carbocycles. The highest BCUT2D eigenvalue weighted by Gasteiger charge is 2.31. The minimum absolute atomic E-state index is 0.0466. The third-order valence-corrected chi connectivity index (χ3v) is 5.24. The van der Waals surface area contributed by atoms with Crippen LogP contribution in [0.1, 0.15) is 36.3 Å². The number of aromatic nitrogens is 1. The summed E-state index contributed by atoms with van der Waals surface area (Å²) < 4.78 is 24.2. The highest BCUT2D eigenvalue weighted by Crippen LogP contribution is 2.34. The maximum absolute atomic E-state index is 11.4. The van der Waals surface area contributed by atoms with Crippen molar-refractivity contribution in [1.29, 1.82) is 0 Å². The molecule has 0 atom stereocenters. The molecule has 1 aromatic rings. The first-order valence-electron chi connectivity index (χ1n) is 5.12. The monoisotopic (exact) mass is 260 g/mol. The minimum atomic E-state index is -3.09. The van der Waals surface area contributed by atoms with Crippen LogP contribution in [0.2, 0.25) is 0 Å². The predicted molar refractivity (Wildman–Crippen MR) is 64.9 cm³/mol. The van der Waals surface area contributed by atoms with E-state index in [0.29, 0.717) is 13.1 Å². The fourth-order valence-electron chi connectivity index (χ4n) is 1.57. The first kappa shape index (κ1) is 12.0. The molecule has 0 amide bonds. The molecule has 90 valence electrons. The van der Waals surface area contributed by atoms with E-state index in [1.165, 1.54) is 10.6 Å². The molecule has 2 heterocycles. The SMILES string of the molecule is CC(C)(C)c1nc2c(s1)CN(S(C)(=O)=O)C2. The van der Waals surface area contributed by atoms with Crippen LogP contribution in [0.15, 0.2) is 0 Å². The van der Waals surface area contributed by atoms with Gasteiger partial charge in [0.15, 0.2) is 0 Å². The number of nitrogens with zero attached hydrogens (tertiary/aromatic N) is 2. The van der Waals surface area contributed by atoms with Crippen molar-refractivity contribution in [2.24, 2.45) is 0 Å². The topological polar surface area (TPSA) is 50.3 Å². The van der Waals surface area contributed by atoms with Gasteiger partial charge in [-0.05, 0) is 0 Å². The van der Waals surface area contributed by atoms with Gasteiger partial charge in [0.05, 0.1) is 30.0 Å². The van der Waals surface area contributed by atoms with E-state index in [4.69, 9.17) is 0 Å². The van der Waals surface area contributed by atoms with Crippen molar-refractivity contribution in [3.8, 4) is 0 Å². The fourth-order valence-corrected chi connectivity index (χ4v) is 3.51. The van der Waals surface area contributed by atoms with Crippen molar-refractivity contribution in [3.63, 3.8) is 0 Å². The Labute approximate surface area is 100 Å². The van der Waals surface area contributed by atoms with E-state index in [1.807, 2.05) is 0 Å². The van der Waals surface area contributed by atoms with Crippen LogP contribution in [-0.2, 0) is 28.5 Å². The molecule has 0 saturated heterocycles. The van der Waals surface area contributed by atoms with E-state index in [1.54, 1.807) is 11.3 Å². The van der Waals surface area contributed by atoms with Crippen molar-refractivity contribution >= 4 is 21.4 Å². The van der Waals surface area contributed by atoms with Crippen LogP contribution in [0.5, 0.6) is 0 Å². The van der Waals surface area contributed by atoms with Gasteiger partial charge in [-0.15, -0.1) is 11.3 Å². The molecule has 1 aromatic heterocycles. The van der Waals surface area contributed by atoms with E-state index in [0.717, 1.165) is 15.6 Å². The fraction of sp³-hybridized carbons (Fsp3) is 0.700. The lowest BCUT2D eigenvalue weighted by Gasteiger charge is -2.15. The second-order valence-corrected chi connectivity index (χ2v) is 8.24. The number of thiazole rings is 1. The summed E-state index contributed by atoms with van der Waals surface area (Å²) >= 11 is 1.63. The van der Waals surface area contributed by atoms with Crippen molar-refractivity contribution in [2.75, 3.05) is 6.26 Å². The Bertz CT molecular complexity index is 488. The van der Waals surface area contributed by atoms with Gasteiger partial charge in [0.1, 0.15) is 0 Å². The zero-order valence-corrected chi connectivity index (χ0v) is 11.6. The van der Waals surface area contributed by atoms with Crippen LogP contribution >= 0.6 is 11.3 Å². The summed E-state index contributed by atoms with van der Waals surface area (Å²) in [6.45, 7) is 7.28. The van der Waals surface area contributed by atoms with Gasteiger partial charge < -0.3 is 0 Å². The molecule has 0 spiro atoms. The molecule has 0 fully saturated rings. The zero-order chi connectivity index (χ0) is 12.1. The predicted octanol–water partition coefficient (Wildman–Crippen LogP) is 1.72. The van der Waals surface area contributed by atoms with Gasteiger partial charge in [0.25, 0.3) is 0 Å². The van der Waals surface area contributed by atoms with Gasteiger partial charge in [0, 0.05) is 10.3 Å². The van der Waals surface area contributed by atoms with Crippen LogP contribution in [0, 0.1) is 0 Å². The largest absolute Gasteiger partial charge is 0.244 e. The van der Waals surface area contributed by atoms with Gasteiger partial charge in [-0.2, -0.15) is 4.31 Å². The maximum Gasteiger partial charge on any atom is 0.211 e. The quantitative estimate of drug-likeness (QED) is 0.772. The molecule has 1 aliphatic rings. The molecule has 0 aliphatic carbocycles. The summed E-state index contributed by atoms with van der Waals surface area (Å²) in [4.78, 5) is 5.63. The lowest BCUT2D eigenvalue weighted by molar-refractivity contribution is 0.434. The Morgan fingerprint density at radius 2 is 1.94 bits per heavy atom. The summed E-state index contributed by atoms with van der Waals surface area (Å²) in [5.41, 5.74) is 0.977. The van der Waals surface area contributed by atoms with Crippen LogP contribution in [0.3, 0.4) is 0 Å². The van der Waals surface area contributed by atoms with Crippen LogP contribution in [0.25, 0.3) is 0 Å². The van der Waals surface area contributed by atoms with E-state index >= 15 is 0 Å². The summed E-state index contributed by atoms with van der Waals surface area (Å²) in [6, 6.07) is 0. The first-order chi connectivity index (χ1) is 7.18. The highest BCUT2D eigenvalue weighted by molar-refractivity contribution is 7.88. The van der Waals surface area contributed by atoms with E-state index in [2.05, 4.69) is 25.8 Å². The summed E-state index contributed by atoms with van der Waals surface area (Å²) in [6.07, 6.45) is 1.24. The number of hydrogen-bond donors (Lipinski definition) is 0. The maximum atomic E-state index is 11.4. The second-order valence-electron chi connectivity index (χ2n) is 5.17. The molecule has 4 nitrogen and oxygen atoms in total. The average Bonchev–Trinajstić information content (AvgIpc) is 2.53. The van der Waals surface area contributed by atoms with Crippen molar-refractivity contribution in [1.82, 2.24) is 9.29 Å². The van der Waals surface area contributed by atoms with Crippen molar-refractivity contribution in [2.45, 2.75) is 39.3 Å². The molecule has 0 N–H and O–H groups in total. The summed E-state index contributed by atoms with van der Waals surface area (Å²) in [5.74, 6) is 0. The molecule has 0 radical (unpaired) electrons. The molecular formula is C10H16N2O2S2. The lowest BCUT2D eigenvalue weighted by Crippen LogP contribution is -2.24. The third kappa shape index (κ3) is 2.14. The Hall–Kier alpha value is -0.460. The Balaban J connectivity index is 2.27. The van der Waals surface area contributed by atoms with Gasteiger partial charge in [-0.1, -0.05) is 20.8 Å². The van der Waals surface area contributed by atoms with Gasteiger partial charge in [-0.3, -0.25) is 0 Å². The smallest absolute Gasteiger partial charge is 0.211 e. The molecule has 0 bridgehead atoms. The van der Waals surface area contributed by atoms with Gasteiger partial charge in [0.2, 0.25) is 10.0 Å². The standard InChI is InChI=1S/C10H16N2O2S2/c1-10(2,3)9-11-7-5-12(16(4,13)14)6-8(7)15-9/h5-6H2,1-4H3. The summed E-state index contributed by atoms with van der Waals surface area (Å²) in [7, 11) is -3.09. The zero-order valence-electron chi connectivity index (χ0n) is 9.94. The Morgan fingerprint density at radius 3 is 2.38 bits per heavy atom. The van der Waals surface area contributed by atoms with Gasteiger partial charge in [-0.25, -0.2) is 13.4 Å². The Kier molecular flexibility index (Phi) is 2.64. The number of fused-ring (bicyclic) bond motifs is 1. The Morgan fingerprint density at radius 1 is 1.31 bits per heavy atom. The van der Waals surface area contributed by atoms with Crippen LogP contribution in [0.4, 0.5) is 0 Å². The highest BCUT2D eigenvalue weighted by atomic mass is 32.2. The molecule has 0 aromatic carbocycles. The normalized spacial score (nSPS) is 17.8. The number of sulfonamides is 1. The third-order valence-electron chi connectivity index (χ3n) is 2.53. The van der Waals surface area contributed by atoms with E-state index in [9.17, 15) is 8.42 Å². The van der Waals surface area contributed by atoms with E-state index < -0.39 is 10.0 Å². The lowest BCUT2D eigenvalue weighted by atomic mass is 9.98. The second kappa shape index (κ2) is 3.51. The van der Waals surface area contributed by atoms with Crippen molar-refractivity contribution in [3.05, 3.63) is 15.6 Å². The molecule has 0 unspecified atom stereocenters. The minimum Gasteiger partial charge on any atom is -0.244 e. The average molecular weight is 260 g/mol. The molecule has 6 heteroatoms. The summed E-state index contributed by atoms with van der Waals surface area (Å²) in [5, 5.41) is 1.09. The molecule has 16 heavy (non-hydrogen) atoms. The number of hydrogen-bond acceptors (Lipinski definition) is 4. The molecule has 2 rings (SSSR count). The van der Waals surface area contributed by atoms with Crippen molar-refractivity contribution < 1.29 is 8.42 Å². The van der Waals surface area contributed by atoms with E-state index in [-0.39, 0.29) is 5.41 Å². The van der Waals surface area contributed by atoms with Crippen LogP contribution < -0.4 is 0 Å². The number of rotatable bonds is 1. The van der Waals surface area contributed by atoms with Crippen LogP contribution in [-0.4, -0.2) is 24.0 Å². The molecule has 1 aliphatic heterocycles. The van der Waals surface area contributed by atoms with Gasteiger partial charge >= 0.3 is 0 Å². The molecular weight excluding hydrogens is 244 g/mol. The first-order valence-corrected chi connectivity index (χ1v) is 7.78.